The van der Waals surface area contributed by atoms with Crippen LogP contribution in [0.4, 0.5) is 0 Å². The van der Waals surface area contributed by atoms with Gasteiger partial charge in [-0.15, -0.1) is 0 Å². The van der Waals surface area contributed by atoms with Crippen molar-refractivity contribution in [3.63, 3.8) is 0 Å². The summed E-state index contributed by atoms with van der Waals surface area (Å²) in [6, 6.07) is 27.2. The van der Waals surface area contributed by atoms with Crippen molar-refractivity contribution in [2.75, 3.05) is 0 Å². The molecule has 3 rings (SSSR count). The molecule has 0 nitrogen and oxygen atoms in total. The van der Waals surface area contributed by atoms with Crippen LogP contribution in [0.25, 0.3) is 5.57 Å². The fraction of sp³-hybridized carbons (Fsp3) is 0.0909. The fourth-order valence-electron chi connectivity index (χ4n) is 2.59. The minimum absolute atomic E-state index is 0.764. The first-order chi connectivity index (χ1) is 11.2. The van der Waals surface area contributed by atoms with Crippen LogP contribution in [0.15, 0.2) is 84.9 Å². The van der Waals surface area contributed by atoms with E-state index >= 15 is 0 Å². The Kier molecular flexibility index (Phi) is 4.95. The van der Waals surface area contributed by atoms with E-state index in [0.717, 1.165) is 11.4 Å². The summed E-state index contributed by atoms with van der Waals surface area (Å²) in [6.45, 7) is 2.11. The molecule has 0 N–H and O–H groups in total. The van der Waals surface area contributed by atoms with Gasteiger partial charge in [-0.05, 0) is 47.7 Å². The van der Waals surface area contributed by atoms with E-state index in [-0.39, 0.29) is 0 Å². The maximum atomic E-state index is 6.03. The molecule has 0 spiro atoms. The molecular formula is C22H19Cl. The lowest BCUT2D eigenvalue weighted by atomic mass is 9.96. The van der Waals surface area contributed by atoms with Gasteiger partial charge in [0.25, 0.3) is 0 Å². The second-order valence-corrected chi connectivity index (χ2v) is 6.12. The van der Waals surface area contributed by atoms with E-state index in [0.29, 0.717) is 0 Å². The second kappa shape index (κ2) is 7.30. The molecule has 0 fully saturated rings. The van der Waals surface area contributed by atoms with Crippen LogP contribution in [0.3, 0.4) is 0 Å². The standard InChI is InChI=1S/C22H19Cl/c1-17-7-9-18(10-8-17)11-16-22(19-5-3-2-4-6-19)20-12-14-21(23)15-13-20/h2-10,12-16H,11H2,1H3/b22-16+. The maximum Gasteiger partial charge on any atom is 0.0406 e. The van der Waals surface area contributed by atoms with Gasteiger partial charge in [-0.2, -0.15) is 0 Å². The van der Waals surface area contributed by atoms with Crippen molar-refractivity contribution in [1.82, 2.24) is 0 Å². The Morgan fingerprint density at radius 3 is 2.04 bits per heavy atom. The van der Waals surface area contributed by atoms with Gasteiger partial charge in [0.15, 0.2) is 0 Å². The molecule has 0 aliphatic heterocycles. The molecule has 3 aromatic rings. The lowest BCUT2D eigenvalue weighted by molar-refractivity contribution is 1.25. The number of halogens is 1. The van der Waals surface area contributed by atoms with Crippen LogP contribution >= 0.6 is 11.6 Å². The second-order valence-electron chi connectivity index (χ2n) is 5.68. The van der Waals surface area contributed by atoms with Gasteiger partial charge in [0.05, 0.1) is 0 Å². The number of aryl methyl sites for hydroxylation is 1. The third-order valence-electron chi connectivity index (χ3n) is 3.90. The molecule has 23 heavy (non-hydrogen) atoms. The largest absolute Gasteiger partial charge is 0.0843 e. The quantitative estimate of drug-likeness (QED) is 0.528. The number of benzene rings is 3. The SMILES string of the molecule is Cc1ccc(C/C=C(\c2ccccc2)c2ccc(Cl)cc2)cc1. The van der Waals surface area contributed by atoms with Gasteiger partial charge in [-0.1, -0.05) is 90.0 Å². The third kappa shape index (κ3) is 4.12. The molecule has 0 amide bonds. The monoisotopic (exact) mass is 318 g/mol. The Morgan fingerprint density at radius 1 is 0.783 bits per heavy atom. The molecule has 0 unspecified atom stereocenters. The molecule has 0 aromatic heterocycles. The number of hydrogen-bond acceptors (Lipinski definition) is 0. The highest BCUT2D eigenvalue weighted by Crippen LogP contribution is 2.25. The molecule has 0 bridgehead atoms. The molecule has 0 saturated carbocycles. The summed E-state index contributed by atoms with van der Waals surface area (Å²) in [7, 11) is 0. The maximum absolute atomic E-state index is 6.03. The van der Waals surface area contributed by atoms with Gasteiger partial charge in [0.2, 0.25) is 0 Å². The van der Waals surface area contributed by atoms with Crippen molar-refractivity contribution in [2.45, 2.75) is 13.3 Å². The van der Waals surface area contributed by atoms with Gasteiger partial charge in [-0.3, -0.25) is 0 Å². The summed E-state index contributed by atoms with van der Waals surface area (Å²) in [6.07, 6.45) is 3.20. The van der Waals surface area contributed by atoms with Gasteiger partial charge in [0.1, 0.15) is 0 Å². The normalized spacial score (nSPS) is 11.5. The molecule has 0 aliphatic carbocycles. The van der Waals surface area contributed by atoms with Crippen molar-refractivity contribution in [3.8, 4) is 0 Å². The summed E-state index contributed by atoms with van der Waals surface area (Å²) in [5, 5.41) is 0.764. The minimum atomic E-state index is 0.764. The Bertz CT molecular complexity index is 782. The first kappa shape index (κ1) is 15.6. The molecule has 0 saturated heterocycles. The van der Waals surface area contributed by atoms with Crippen molar-refractivity contribution >= 4 is 17.2 Å². The Balaban J connectivity index is 1.96. The zero-order chi connectivity index (χ0) is 16.1. The topological polar surface area (TPSA) is 0 Å². The van der Waals surface area contributed by atoms with E-state index in [9.17, 15) is 0 Å². The molecule has 0 heterocycles. The lowest BCUT2D eigenvalue weighted by Crippen LogP contribution is -1.90. The molecular weight excluding hydrogens is 300 g/mol. The van der Waals surface area contributed by atoms with E-state index < -0.39 is 0 Å². The average Bonchev–Trinajstić information content (AvgIpc) is 2.59. The van der Waals surface area contributed by atoms with Crippen molar-refractivity contribution in [3.05, 3.63) is 112 Å². The van der Waals surface area contributed by atoms with Crippen molar-refractivity contribution < 1.29 is 0 Å². The van der Waals surface area contributed by atoms with Crippen molar-refractivity contribution in [1.29, 1.82) is 0 Å². The predicted molar refractivity (Wildman–Crippen MR) is 99.9 cm³/mol. The molecule has 114 valence electrons. The van der Waals surface area contributed by atoms with Crippen molar-refractivity contribution in [2.24, 2.45) is 0 Å². The van der Waals surface area contributed by atoms with Crippen LogP contribution in [0.5, 0.6) is 0 Å². The van der Waals surface area contributed by atoms with Gasteiger partial charge in [0, 0.05) is 5.02 Å². The Hall–Kier alpha value is -2.31. The molecule has 0 radical (unpaired) electrons. The summed E-state index contributed by atoms with van der Waals surface area (Å²) in [5.74, 6) is 0. The van der Waals surface area contributed by atoms with Gasteiger partial charge < -0.3 is 0 Å². The van der Waals surface area contributed by atoms with Gasteiger partial charge >= 0.3 is 0 Å². The van der Waals surface area contributed by atoms with E-state index in [4.69, 9.17) is 11.6 Å². The summed E-state index contributed by atoms with van der Waals surface area (Å²) in [4.78, 5) is 0. The van der Waals surface area contributed by atoms with Crippen LogP contribution in [0.1, 0.15) is 22.3 Å². The van der Waals surface area contributed by atoms with Crippen LogP contribution in [0.2, 0.25) is 5.02 Å². The zero-order valence-corrected chi connectivity index (χ0v) is 13.9. The van der Waals surface area contributed by atoms with E-state index in [1.54, 1.807) is 0 Å². The Labute approximate surface area is 143 Å². The molecule has 1 heteroatoms. The molecule has 3 aromatic carbocycles. The van der Waals surface area contributed by atoms with E-state index in [1.807, 2.05) is 18.2 Å². The molecule has 0 atom stereocenters. The summed E-state index contributed by atoms with van der Waals surface area (Å²) >= 11 is 6.03. The first-order valence-electron chi connectivity index (χ1n) is 7.79. The van der Waals surface area contributed by atoms with Crippen LogP contribution in [0, 0.1) is 6.92 Å². The highest BCUT2D eigenvalue weighted by atomic mass is 35.5. The minimum Gasteiger partial charge on any atom is -0.0843 e. The van der Waals surface area contributed by atoms with E-state index in [2.05, 4.69) is 73.7 Å². The highest BCUT2D eigenvalue weighted by Gasteiger charge is 2.05. The highest BCUT2D eigenvalue weighted by molar-refractivity contribution is 6.30. The smallest absolute Gasteiger partial charge is 0.0406 e. The average molecular weight is 319 g/mol. The predicted octanol–water partition coefficient (Wildman–Crippen LogP) is 6.32. The summed E-state index contributed by atoms with van der Waals surface area (Å²) < 4.78 is 0. The molecule has 0 aliphatic rings. The third-order valence-corrected chi connectivity index (χ3v) is 4.15. The number of hydrogen-bond donors (Lipinski definition) is 0. The first-order valence-corrected chi connectivity index (χ1v) is 8.17. The lowest BCUT2D eigenvalue weighted by Gasteiger charge is -2.09. The van der Waals surface area contributed by atoms with Crippen LogP contribution in [-0.2, 0) is 6.42 Å². The van der Waals surface area contributed by atoms with Crippen LogP contribution < -0.4 is 0 Å². The number of allylic oxidation sites excluding steroid dienone is 1. The zero-order valence-electron chi connectivity index (χ0n) is 13.2. The van der Waals surface area contributed by atoms with Gasteiger partial charge in [-0.25, -0.2) is 0 Å². The fourth-order valence-corrected chi connectivity index (χ4v) is 2.72. The number of rotatable bonds is 4. The summed E-state index contributed by atoms with van der Waals surface area (Å²) in [5.41, 5.74) is 6.26. The Morgan fingerprint density at radius 2 is 1.39 bits per heavy atom. The van der Waals surface area contributed by atoms with Crippen LogP contribution in [-0.4, -0.2) is 0 Å². The van der Waals surface area contributed by atoms with E-state index in [1.165, 1.54) is 27.8 Å².